The van der Waals surface area contributed by atoms with Gasteiger partial charge in [0.15, 0.2) is 0 Å². The van der Waals surface area contributed by atoms with Crippen LogP contribution in [0, 0.1) is 19.8 Å². The highest BCUT2D eigenvalue weighted by Gasteiger charge is 2.09. The third-order valence-electron chi connectivity index (χ3n) is 3.65. The van der Waals surface area contributed by atoms with E-state index in [1.807, 2.05) is 35.9 Å². The molecule has 2 rings (SSSR count). The van der Waals surface area contributed by atoms with E-state index in [4.69, 9.17) is 11.6 Å². The van der Waals surface area contributed by atoms with E-state index in [1.54, 1.807) is 11.8 Å². The molecule has 0 saturated carbocycles. The molecule has 130 valence electrons. The van der Waals surface area contributed by atoms with Gasteiger partial charge in [-0.2, -0.15) is 5.10 Å². The van der Waals surface area contributed by atoms with E-state index >= 15 is 0 Å². The normalized spacial score (nSPS) is 12.2. The molecule has 6 heteroatoms. The second-order valence-corrected chi connectivity index (χ2v) is 7.56. The third kappa shape index (κ3) is 6.21. The number of hydrogen-bond acceptors (Lipinski definition) is 3. The van der Waals surface area contributed by atoms with Crippen molar-refractivity contribution in [3.05, 3.63) is 52.3 Å². The molecule has 1 aromatic heterocycles. The van der Waals surface area contributed by atoms with E-state index in [0.717, 1.165) is 28.7 Å². The van der Waals surface area contributed by atoms with Gasteiger partial charge in [-0.25, -0.2) is 0 Å². The van der Waals surface area contributed by atoms with Crippen LogP contribution in [0.25, 0.3) is 0 Å². The summed E-state index contributed by atoms with van der Waals surface area (Å²) >= 11 is 7.47. The van der Waals surface area contributed by atoms with Crippen molar-refractivity contribution in [2.45, 2.75) is 33.1 Å². The Labute approximate surface area is 153 Å². The molecule has 0 radical (unpaired) electrons. The molecule has 0 saturated heterocycles. The van der Waals surface area contributed by atoms with Crippen molar-refractivity contribution >= 4 is 29.3 Å². The first-order valence-electron chi connectivity index (χ1n) is 8.04. The van der Waals surface area contributed by atoms with Crippen LogP contribution < -0.4 is 5.32 Å². The molecule has 1 heterocycles. The fourth-order valence-electron chi connectivity index (χ4n) is 2.40. The highest BCUT2D eigenvalue weighted by atomic mass is 35.5. The number of aromatic nitrogens is 2. The molecule has 1 aromatic carbocycles. The Bertz CT molecular complexity index is 669. The van der Waals surface area contributed by atoms with Gasteiger partial charge in [-0.1, -0.05) is 30.7 Å². The summed E-state index contributed by atoms with van der Waals surface area (Å²) in [6, 6.07) is 9.79. The predicted molar refractivity (Wildman–Crippen MR) is 101 cm³/mol. The molecule has 0 bridgehead atoms. The number of rotatable bonds is 8. The van der Waals surface area contributed by atoms with Crippen molar-refractivity contribution in [1.29, 1.82) is 0 Å². The SMILES string of the molecule is Cc1cc(C)n(CC(C)CNC(=O)CSCc2ccc(Cl)cc2)n1. The summed E-state index contributed by atoms with van der Waals surface area (Å²) in [5, 5.41) is 8.19. The van der Waals surface area contributed by atoms with Crippen LogP contribution in [0.2, 0.25) is 5.02 Å². The van der Waals surface area contributed by atoms with Crippen LogP contribution in [0.4, 0.5) is 0 Å². The minimum atomic E-state index is 0.0779. The van der Waals surface area contributed by atoms with Crippen LogP contribution in [0.3, 0.4) is 0 Å². The molecule has 1 atom stereocenters. The number of carbonyl (C=O) groups excluding carboxylic acids is 1. The lowest BCUT2D eigenvalue weighted by molar-refractivity contribution is -0.118. The predicted octanol–water partition coefficient (Wildman–Crippen LogP) is 3.84. The molecule has 0 spiro atoms. The Morgan fingerprint density at radius 1 is 1.33 bits per heavy atom. The highest BCUT2D eigenvalue weighted by Crippen LogP contribution is 2.15. The molecule has 24 heavy (non-hydrogen) atoms. The third-order valence-corrected chi connectivity index (χ3v) is 4.91. The van der Waals surface area contributed by atoms with Gasteiger partial charge in [-0.3, -0.25) is 9.48 Å². The number of nitrogens with one attached hydrogen (secondary N) is 1. The fraction of sp³-hybridized carbons (Fsp3) is 0.444. The number of amides is 1. The van der Waals surface area contributed by atoms with E-state index in [0.29, 0.717) is 18.2 Å². The quantitative estimate of drug-likeness (QED) is 0.773. The lowest BCUT2D eigenvalue weighted by Crippen LogP contribution is -2.31. The van der Waals surface area contributed by atoms with E-state index in [9.17, 15) is 4.79 Å². The van der Waals surface area contributed by atoms with Gasteiger partial charge in [0.2, 0.25) is 5.91 Å². The van der Waals surface area contributed by atoms with Gasteiger partial charge < -0.3 is 5.32 Å². The van der Waals surface area contributed by atoms with E-state index < -0.39 is 0 Å². The zero-order valence-corrected chi connectivity index (χ0v) is 16.0. The Morgan fingerprint density at radius 2 is 2.04 bits per heavy atom. The summed E-state index contributed by atoms with van der Waals surface area (Å²) in [5.41, 5.74) is 3.36. The number of carbonyl (C=O) groups is 1. The average Bonchev–Trinajstić information content (AvgIpc) is 2.85. The first kappa shape index (κ1) is 18.9. The molecule has 1 N–H and O–H groups in total. The molecular weight excluding hydrogens is 342 g/mol. The monoisotopic (exact) mass is 365 g/mol. The first-order chi connectivity index (χ1) is 11.4. The van der Waals surface area contributed by atoms with Crippen molar-refractivity contribution in [3.63, 3.8) is 0 Å². The minimum absolute atomic E-state index is 0.0779. The second kappa shape index (κ2) is 9.14. The molecule has 0 aliphatic carbocycles. The summed E-state index contributed by atoms with van der Waals surface area (Å²) in [6.07, 6.45) is 0. The zero-order valence-electron chi connectivity index (χ0n) is 14.4. The maximum atomic E-state index is 11.9. The van der Waals surface area contributed by atoms with Gasteiger partial charge in [0.05, 0.1) is 11.4 Å². The van der Waals surface area contributed by atoms with E-state index in [-0.39, 0.29) is 5.91 Å². The molecule has 0 aliphatic rings. The van der Waals surface area contributed by atoms with Gasteiger partial charge in [-0.05, 0) is 43.5 Å². The Morgan fingerprint density at radius 3 is 2.67 bits per heavy atom. The Kier molecular flexibility index (Phi) is 7.18. The molecule has 0 fully saturated rings. The van der Waals surface area contributed by atoms with Gasteiger partial charge in [0.25, 0.3) is 0 Å². The number of benzene rings is 1. The van der Waals surface area contributed by atoms with Crippen LogP contribution in [-0.4, -0.2) is 28.0 Å². The first-order valence-corrected chi connectivity index (χ1v) is 9.57. The van der Waals surface area contributed by atoms with Crippen LogP contribution in [0.15, 0.2) is 30.3 Å². The highest BCUT2D eigenvalue weighted by molar-refractivity contribution is 7.99. The van der Waals surface area contributed by atoms with Crippen molar-refractivity contribution in [1.82, 2.24) is 15.1 Å². The molecule has 1 amide bonds. The Hall–Kier alpha value is -1.46. The molecular formula is C18H24ClN3OS. The van der Waals surface area contributed by atoms with Crippen molar-refractivity contribution in [2.24, 2.45) is 5.92 Å². The van der Waals surface area contributed by atoms with Crippen LogP contribution >= 0.6 is 23.4 Å². The summed E-state index contributed by atoms with van der Waals surface area (Å²) in [4.78, 5) is 11.9. The van der Waals surface area contributed by atoms with Gasteiger partial charge in [-0.15, -0.1) is 11.8 Å². The number of aryl methyl sites for hydroxylation is 2. The summed E-state index contributed by atoms with van der Waals surface area (Å²) < 4.78 is 2.00. The summed E-state index contributed by atoms with van der Waals surface area (Å²) in [5.74, 6) is 1.70. The van der Waals surface area contributed by atoms with Crippen LogP contribution in [-0.2, 0) is 17.1 Å². The number of hydrogen-bond donors (Lipinski definition) is 1. The number of thioether (sulfide) groups is 1. The second-order valence-electron chi connectivity index (χ2n) is 6.14. The van der Waals surface area contributed by atoms with Crippen LogP contribution in [0.1, 0.15) is 23.9 Å². The molecule has 0 aliphatic heterocycles. The number of nitrogens with zero attached hydrogens (tertiary/aromatic N) is 2. The lowest BCUT2D eigenvalue weighted by atomic mass is 10.2. The van der Waals surface area contributed by atoms with Crippen molar-refractivity contribution in [2.75, 3.05) is 12.3 Å². The topological polar surface area (TPSA) is 46.9 Å². The van der Waals surface area contributed by atoms with Crippen LogP contribution in [0.5, 0.6) is 0 Å². The van der Waals surface area contributed by atoms with Gasteiger partial charge in [0, 0.05) is 29.6 Å². The fourth-order valence-corrected chi connectivity index (χ4v) is 3.34. The minimum Gasteiger partial charge on any atom is -0.355 e. The number of halogens is 1. The van der Waals surface area contributed by atoms with E-state index in [1.165, 1.54) is 5.56 Å². The lowest BCUT2D eigenvalue weighted by Gasteiger charge is -2.14. The largest absolute Gasteiger partial charge is 0.355 e. The molecule has 2 aromatic rings. The van der Waals surface area contributed by atoms with Crippen molar-refractivity contribution < 1.29 is 4.79 Å². The smallest absolute Gasteiger partial charge is 0.230 e. The summed E-state index contributed by atoms with van der Waals surface area (Å²) in [6.45, 7) is 7.65. The van der Waals surface area contributed by atoms with Gasteiger partial charge in [0.1, 0.15) is 0 Å². The Balaban J connectivity index is 1.65. The summed E-state index contributed by atoms with van der Waals surface area (Å²) in [7, 11) is 0. The maximum Gasteiger partial charge on any atom is 0.230 e. The zero-order chi connectivity index (χ0) is 17.5. The molecule has 1 unspecified atom stereocenters. The maximum absolute atomic E-state index is 11.9. The van der Waals surface area contributed by atoms with Gasteiger partial charge >= 0.3 is 0 Å². The van der Waals surface area contributed by atoms with Crippen molar-refractivity contribution in [3.8, 4) is 0 Å². The molecule has 4 nitrogen and oxygen atoms in total. The van der Waals surface area contributed by atoms with E-state index in [2.05, 4.69) is 30.3 Å². The average molecular weight is 366 g/mol. The standard InChI is InChI=1S/C18H24ClN3OS/c1-13(10-22-15(3)8-14(2)21-22)9-20-18(23)12-24-11-16-4-6-17(19)7-5-16/h4-8,13H,9-12H2,1-3H3,(H,20,23).